The molecule has 0 bridgehead atoms. The fourth-order valence-corrected chi connectivity index (χ4v) is 3.21. The Hall–Kier alpha value is -0.290. The highest BCUT2D eigenvalue weighted by molar-refractivity contribution is 14.1. The van der Waals surface area contributed by atoms with Crippen LogP contribution in [0, 0.1) is 3.57 Å². The molecule has 4 heteroatoms. The molecule has 0 saturated heterocycles. The third kappa shape index (κ3) is 5.44. The van der Waals surface area contributed by atoms with E-state index in [9.17, 15) is 0 Å². The SMILES string of the molecule is CCNC(Cc1ccc(I)cc1)Cc1ccc(Cl)cc1Cl. The summed E-state index contributed by atoms with van der Waals surface area (Å²) in [6.45, 7) is 3.07. The second kappa shape index (κ2) is 8.37. The van der Waals surface area contributed by atoms with E-state index in [1.807, 2.05) is 18.2 Å². The Morgan fingerprint density at radius 3 is 2.38 bits per heavy atom. The van der Waals surface area contributed by atoms with Crippen molar-refractivity contribution in [1.82, 2.24) is 5.32 Å². The second-order valence-electron chi connectivity index (χ2n) is 5.03. The Kier molecular flexibility index (Phi) is 6.80. The van der Waals surface area contributed by atoms with Crippen LogP contribution in [0.4, 0.5) is 0 Å². The van der Waals surface area contributed by atoms with Gasteiger partial charge in [0.1, 0.15) is 0 Å². The third-order valence-electron chi connectivity index (χ3n) is 3.37. The highest BCUT2D eigenvalue weighted by Gasteiger charge is 2.12. The minimum atomic E-state index is 0.369. The average Bonchev–Trinajstić information content (AvgIpc) is 2.44. The molecule has 0 spiro atoms. The molecule has 1 atom stereocenters. The molecule has 1 nitrogen and oxygen atoms in total. The van der Waals surface area contributed by atoms with Crippen LogP contribution in [-0.2, 0) is 12.8 Å². The zero-order valence-corrected chi connectivity index (χ0v) is 15.5. The molecule has 0 aliphatic heterocycles. The van der Waals surface area contributed by atoms with E-state index in [1.54, 1.807) is 0 Å². The average molecular weight is 434 g/mol. The van der Waals surface area contributed by atoms with E-state index in [0.29, 0.717) is 11.1 Å². The predicted molar refractivity (Wildman–Crippen MR) is 100 cm³/mol. The molecule has 0 saturated carbocycles. The highest BCUT2D eigenvalue weighted by Crippen LogP contribution is 2.23. The summed E-state index contributed by atoms with van der Waals surface area (Å²) >= 11 is 14.6. The molecule has 0 heterocycles. The number of rotatable bonds is 6. The van der Waals surface area contributed by atoms with Gasteiger partial charge in [-0.05, 0) is 77.4 Å². The first-order chi connectivity index (χ1) is 10.1. The summed E-state index contributed by atoms with van der Waals surface area (Å²) in [6.07, 6.45) is 1.89. The van der Waals surface area contributed by atoms with Crippen molar-refractivity contribution in [2.45, 2.75) is 25.8 Å². The lowest BCUT2D eigenvalue weighted by Crippen LogP contribution is -2.33. The highest BCUT2D eigenvalue weighted by atomic mass is 127. The number of likely N-dealkylation sites (N-methyl/N-ethyl adjacent to an activating group) is 1. The van der Waals surface area contributed by atoms with Crippen LogP contribution < -0.4 is 5.32 Å². The molecule has 0 aliphatic rings. The smallest absolute Gasteiger partial charge is 0.0453 e. The van der Waals surface area contributed by atoms with E-state index < -0.39 is 0 Å². The first-order valence-corrected chi connectivity index (χ1v) is 8.83. The molecular formula is C17H18Cl2IN. The fraction of sp³-hybridized carbons (Fsp3) is 0.294. The number of halogens is 3. The van der Waals surface area contributed by atoms with Crippen molar-refractivity contribution in [3.63, 3.8) is 0 Å². The van der Waals surface area contributed by atoms with Crippen LogP contribution in [0.25, 0.3) is 0 Å². The lowest BCUT2D eigenvalue weighted by molar-refractivity contribution is 0.521. The van der Waals surface area contributed by atoms with Gasteiger partial charge in [0.15, 0.2) is 0 Å². The number of hydrogen-bond donors (Lipinski definition) is 1. The minimum absolute atomic E-state index is 0.369. The standard InChI is InChI=1S/C17H18Cl2IN/c1-2-21-16(9-12-3-7-15(20)8-4-12)10-13-5-6-14(18)11-17(13)19/h3-8,11,16,21H,2,9-10H2,1H3. The molecular weight excluding hydrogens is 416 g/mol. The van der Waals surface area contributed by atoms with Gasteiger partial charge in [0.25, 0.3) is 0 Å². The van der Waals surface area contributed by atoms with Crippen molar-refractivity contribution in [3.05, 3.63) is 67.2 Å². The van der Waals surface area contributed by atoms with E-state index in [2.05, 4.69) is 59.1 Å². The van der Waals surface area contributed by atoms with Crippen molar-refractivity contribution in [2.75, 3.05) is 6.54 Å². The maximum Gasteiger partial charge on any atom is 0.0453 e. The normalized spacial score (nSPS) is 12.4. The van der Waals surface area contributed by atoms with Gasteiger partial charge in [-0.3, -0.25) is 0 Å². The summed E-state index contributed by atoms with van der Waals surface area (Å²) in [6, 6.07) is 14.8. The van der Waals surface area contributed by atoms with E-state index in [-0.39, 0.29) is 0 Å². The minimum Gasteiger partial charge on any atom is -0.314 e. The summed E-state index contributed by atoms with van der Waals surface area (Å²) in [7, 11) is 0. The molecule has 1 N–H and O–H groups in total. The van der Waals surface area contributed by atoms with Gasteiger partial charge in [0.05, 0.1) is 0 Å². The number of nitrogens with one attached hydrogen (secondary N) is 1. The van der Waals surface area contributed by atoms with Gasteiger partial charge in [-0.15, -0.1) is 0 Å². The molecule has 0 fully saturated rings. The van der Waals surface area contributed by atoms with Crippen LogP contribution in [0.5, 0.6) is 0 Å². The van der Waals surface area contributed by atoms with Crippen molar-refractivity contribution in [3.8, 4) is 0 Å². The van der Waals surface area contributed by atoms with Crippen molar-refractivity contribution >= 4 is 45.8 Å². The van der Waals surface area contributed by atoms with Crippen molar-refractivity contribution in [2.24, 2.45) is 0 Å². The summed E-state index contributed by atoms with van der Waals surface area (Å²) in [5, 5.41) is 4.97. The fourth-order valence-electron chi connectivity index (χ4n) is 2.36. The Bertz CT molecular complexity index is 584. The van der Waals surface area contributed by atoms with Gasteiger partial charge >= 0.3 is 0 Å². The summed E-state index contributed by atoms with van der Waals surface area (Å²) in [5.41, 5.74) is 2.48. The Labute approximate surface area is 150 Å². The van der Waals surface area contributed by atoms with E-state index in [1.165, 1.54) is 9.13 Å². The lowest BCUT2D eigenvalue weighted by atomic mass is 9.99. The summed E-state index contributed by atoms with van der Waals surface area (Å²) < 4.78 is 1.26. The molecule has 0 amide bonds. The Balaban J connectivity index is 2.09. The van der Waals surface area contributed by atoms with Gasteiger partial charge in [0, 0.05) is 19.7 Å². The summed E-state index contributed by atoms with van der Waals surface area (Å²) in [5.74, 6) is 0. The van der Waals surface area contributed by atoms with Crippen molar-refractivity contribution < 1.29 is 0 Å². The number of hydrogen-bond acceptors (Lipinski definition) is 1. The zero-order chi connectivity index (χ0) is 15.2. The van der Waals surface area contributed by atoms with Gasteiger partial charge in [-0.25, -0.2) is 0 Å². The molecule has 21 heavy (non-hydrogen) atoms. The molecule has 0 radical (unpaired) electrons. The Morgan fingerprint density at radius 2 is 1.76 bits per heavy atom. The van der Waals surface area contributed by atoms with Crippen LogP contribution in [0.2, 0.25) is 10.0 Å². The monoisotopic (exact) mass is 433 g/mol. The quantitative estimate of drug-likeness (QED) is 0.604. The molecule has 112 valence electrons. The van der Waals surface area contributed by atoms with Gasteiger partial charge in [-0.1, -0.05) is 48.3 Å². The second-order valence-corrected chi connectivity index (χ2v) is 7.11. The van der Waals surface area contributed by atoms with Crippen LogP contribution in [0.15, 0.2) is 42.5 Å². The maximum absolute atomic E-state index is 6.28. The van der Waals surface area contributed by atoms with E-state index >= 15 is 0 Å². The molecule has 0 aromatic heterocycles. The van der Waals surface area contributed by atoms with Gasteiger partial charge < -0.3 is 5.32 Å². The largest absolute Gasteiger partial charge is 0.314 e. The first-order valence-electron chi connectivity index (χ1n) is 7.00. The zero-order valence-electron chi connectivity index (χ0n) is 11.9. The van der Waals surface area contributed by atoms with Crippen molar-refractivity contribution in [1.29, 1.82) is 0 Å². The van der Waals surface area contributed by atoms with Gasteiger partial charge in [0.2, 0.25) is 0 Å². The van der Waals surface area contributed by atoms with Crippen LogP contribution in [-0.4, -0.2) is 12.6 Å². The topological polar surface area (TPSA) is 12.0 Å². The number of benzene rings is 2. The molecule has 2 aromatic rings. The first kappa shape index (κ1) is 17.1. The maximum atomic E-state index is 6.28. The van der Waals surface area contributed by atoms with Crippen LogP contribution in [0.3, 0.4) is 0 Å². The predicted octanol–water partition coefficient (Wildman–Crippen LogP) is 5.36. The lowest BCUT2D eigenvalue weighted by Gasteiger charge is -2.19. The molecule has 2 rings (SSSR count). The third-order valence-corrected chi connectivity index (χ3v) is 4.68. The Morgan fingerprint density at radius 1 is 1.05 bits per heavy atom. The molecule has 1 unspecified atom stereocenters. The van der Waals surface area contributed by atoms with E-state index in [0.717, 1.165) is 30.0 Å². The van der Waals surface area contributed by atoms with Crippen LogP contribution >= 0.6 is 45.8 Å². The molecule has 0 aliphatic carbocycles. The summed E-state index contributed by atoms with van der Waals surface area (Å²) in [4.78, 5) is 0. The molecule has 2 aromatic carbocycles. The van der Waals surface area contributed by atoms with Gasteiger partial charge in [-0.2, -0.15) is 0 Å². The van der Waals surface area contributed by atoms with Crippen LogP contribution in [0.1, 0.15) is 18.1 Å². The van der Waals surface area contributed by atoms with E-state index in [4.69, 9.17) is 23.2 Å².